The van der Waals surface area contributed by atoms with Crippen LogP contribution in [0.4, 0.5) is 0 Å². The van der Waals surface area contributed by atoms with Gasteiger partial charge in [-0.2, -0.15) is 5.10 Å². The quantitative estimate of drug-likeness (QED) is 0.586. The van der Waals surface area contributed by atoms with Crippen molar-refractivity contribution in [2.75, 3.05) is 6.61 Å². The Labute approximate surface area is 152 Å². The number of hydrogen-bond acceptors (Lipinski definition) is 3. The third-order valence-corrected chi connectivity index (χ3v) is 4.28. The molecule has 2 rings (SSSR count). The van der Waals surface area contributed by atoms with E-state index in [-0.39, 0.29) is 11.6 Å². The highest BCUT2D eigenvalue weighted by Crippen LogP contribution is 2.31. The van der Waals surface area contributed by atoms with E-state index in [0.717, 1.165) is 0 Å². The first-order valence-electron chi connectivity index (χ1n) is 6.31. The lowest BCUT2D eigenvalue weighted by Gasteiger charge is -2.07. The number of benzene rings is 2. The molecule has 0 aliphatic rings. The fourth-order valence-electron chi connectivity index (χ4n) is 1.57. The summed E-state index contributed by atoms with van der Waals surface area (Å²) in [5, 5.41) is 5.14. The zero-order valence-corrected chi connectivity index (χ0v) is 14.5. The van der Waals surface area contributed by atoms with E-state index in [4.69, 9.17) is 51.1 Å². The van der Waals surface area contributed by atoms with Gasteiger partial charge in [-0.05, 0) is 18.2 Å². The highest BCUT2D eigenvalue weighted by molar-refractivity contribution is 6.43. The van der Waals surface area contributed by atoms with Crippen LogP contribution < -0.4 is 10.2 Å². The second-order valence-electron chi connectivity index (χ2n) is 4.28. The molecule has 0 atom stereocenters. The van der Waals surface area contributed by atoms with Crippen molar-refractivity contribution in [3.05, 3.63) is 62.1 Å². The molecule has 0 saturated heterocycles. The van der Waals surface area contributed by atoms with Crippen molar-refractivity contribution < 1.29 is 9.53 Å². The number of nitrogens with one attached hydrogen (secondary N) is 1. The number of amides is 1. The van der Waals surface area contributed by atoms with Gasteiger partial charge in [0.2, 0.25) is 0 Å². The van der Waals surface area contributed by atoms with E-state index in [0.29, 0.717) is 26.4 Å². The Morgan fingerprint density at radius 2 is 1.70 bits per heavy atom. The van der Waals surface area contributed by atoms with Crippen LogP contribution in [0.3, 0.4) is 0 Å². The minimum absolute atomic E-state index is 0.246. The number of carbonyl (C=O) groups is 1. The molecule has 0 fully saturated rings. The van der Waals surface area contributed by atoms with Crippen molar-refractivity contribution in [3.63, 3.8) is 0 Å². The topological polar surface area (TPSA) is 50.7 Å². The summed E-state index contributed by atoms with van der Waals surface area (Å²) in [4.78, 5) is 11.7. The Balaban J connectivity index is 1.89. The molecule has 0 heterocycles. The molecule has 0 bridgehead atoms. The molecular weight excluding hydrogens is 382 g/mol. The molecular formula is C15H10Cl4N2O2. The van der Waals surface area contributed by atoms with Gasteiger partial charge in [-0.3, -0.25) is 4.79 Å². The molecule has 120 valence electrons. The molecule has 8 heteroatoms. The largest absolute Gasteiger partial charge is 0.482 e. The van der Waals surface area contributed by atoms with Gasteiger partial charge in [0.25, 0.3) is 5.91 Å². The molecule has 0 aliphatic carbocycles. The lowest BCUT2D eigenvalue weighted by molar-refractivity contribution is -0.123. The molecule has 0 spiro atoms. The first-order valence-corrected chi connectivity index (χ1v) is 7.83. The second-order valence-corrected chi connectivity index (χ2v) is 5.85. The van der Waals surface area contributed by atoms with Crippen LogP contribution in [0.5, 0.6) is 5.75 Å². The van der Waals surface area contributed by atoms with Gasteiger partial charge in [0.15, 0.2) is 6.61 Å². The summed E-state index contributed by atoms with van der Waals surface area (Å²) in [6, 6.07) is 9.99. The van der Waals surface area contributed by atoms with Gasteiger partial charge >= 0.3 is 0 Å². The third kappa shape index (κ3) is 5.01. The summed E-state index contributed by atoms with van der Waals surface area (Å²) in [6.45, 7) is -0.263. The van der Waals surface area contributed by atoms with Crippen LogP contribution in [0.15, 0.2) is 41.5 Å². The van der Waals surface area contributed by atoms with Crippen LogP contribution in [-0.4, -0.2) is 18.7 Å². The summed E-state index contributed by atoms with van der Waals surface area (Å²) in [7, 11) is 0. The number of nitrogens with zero attached hydrogens (tertiary/aromatic N) is 1. The number of carbonyl (C=O) groups excluding carboxylic acids is 1. The molecule has 0 aliphatic heterocycles. The molecule has 1 N–H and O–H groups in total. The first-order chi connectivity index (χ1) is 11.0. The van der Waals surface area contributed by atoms with Crippen molar-refractivity contribution in [2.45, 2.75) is 0 Å². The monoisotopic (exact) mass is 390 g/mol. The van der Waals surface area contributed by atoms with E-state index in [1.54, 1.807) is 36.4 Å². The van der Waals surface area contributed by atoms with Gasteiger partial charge in [0.1, 0.15) is 10.8 Å². The van der Waals surface area contributed by atoms with E-state index < -0.39 is 5.91 Å². The third-order valence-electron chi connectivity index (χ3n) is 2.65. The molecule has 0 radical (unpaired) electrons. The SMILES string of the molecule is O=C(COc1cccc(Cl)c1Cl)N/N=C\c1cccc(Cl)c1Cl. The molecule has 2 aromatic carbocycles. The number of hydrogen-bond donors (Lipinski definition) is 1. The normalized spacial score (nSPS) is 10.8. The molecule has 4 nitrogen and oxygen atoms in total. The number of hydrazone groups is 1. The predicted octanol–water partition coefficient (Wildman–Crippen LogP) is 4.83. The van der Waals surface area contributed by atoms with E-state index >= 15 is 0 Å². The number of rotatable bonds is 5. The predicted molar refractivity (Wildman–Crippen MR) is 94.2 cm³/mol. The number of ether oxygens (including phenoxy) is 1. The van der Waals surface area contributed by atoms with Gasteiger partial charge in [-0.15, -0.1) is 0 Å². The fraction of sp³-hybridized carbons (Fsp3) is 0.0667. The van der Waals surface area contributed by atoms with Crippen LogP contribution in [0.2, 0.25) is 20.1 Å². The molecule has 2 aromatic rings. The van der Waals surface area contributed by atoms with E-state index in [9.17, 15) is 4.79 Å². The average Bonchev–Trinajstić information content (AvgIpc) is 2.53. The highest BCUT2D eigenvalue weighted by atomic mass is 35.5. The van der Waals surface area contributed by atoms with E-state index in [2.05, 4.69) is 10.5 Å². The van der Waals surface area contributed by atoms with E-state index in [1.165, 1.54) is 6.21 Å². The van der Waals surface area contributed by atoms with Gasteiger partial charge in [0.05, 0.1) is 21.3 Å². The summed E-state index contributed by atoms with van der Waals surface area (Å²) in [5.74, 6) is -0.147. The van der Waals surface area contributed by atoms with Crippen molar-refractivity contribution >= 4 is 58.5 Å². The van der Waals surface area contributed by atoms with Crippen LogP contribution in [-0.2, 0) is 4.79 Å². The van der Waals surface area contributed by atoms with E-state index in [1.807, 2.05) is 0 Å². The lowest BCUT2D eigenvalue weighted by atomic mass is 10.2. The maximum Gasteiger partial charge on any atom is 0.277 e. The fourth-order valence-corrected chi connectivity index (χ4v) is 2.27. The standard InChI is InChI=1S/C15H10Cl4N2O2/c16-10-4-1-3-9(14(10)18)7-20-21-13(22)8-23-12-6-2-5-11(17)15(12)19/h1-7H,8H2,(H,21,22)/b20-7-. The Hall–Kier alpha value is -1.46. The summed E-state index contributed by atoms with van der Waals surface area (Å²) in [6.07, 6.45) is 1.39. The summed E-state index contributed by atoms with van der Waals surface area (Å²) in [5.41, 5.74) is 2.89. The summed E-state index contributed by atoms with van der Waals surface area (Å²) < 4.78 is 5.28. The molecule has 0 aromatic heterocycles. The zero-order valence-electron chi connectivity index (χ0n) is 11.5. The molecule has 23 heavy (non-hydrogen) atoms. The van der Waals surface area contributed by atoms with Gasteiger partial charge in [-0.25, -0.2) is 5.43 Å². The Bertz CT molecular complexity index is 750. The molecule has 0 saturated carbocycles. The molecule has 1 amide bonds. The van der Waals surface area contributed by atoms with Gasteiger partial charge in [-0.1, -0.05) is 64.6 Å². The lowest BCUT2D eigenvalue weighted by Crippen LogP contribution is -2.24. The smallest absolute Gasteiger partial charge is 0.277 e. The average molecular weight is 392 g/mol. The van der Waals surface area contributed by atoms with Crippen LogP contribution in [0.25, 0.3) is 0 Å². The minimum Gasteiger partial charge on any atom is -0.482 e. The Morgan fingerprint density at radius 1 is 1.04 bits per heavy atom. The van der Waals surface area contributed by atoms with Crippen molar-refractivity contribution in [1.29, 1.82) is 0 Å². The maximum atomic E-state index is 11.7. The summed E-state index contributed by atoms with van der Waals surface area (Å²) >= 11 is 23.7. The van der Waals surface area contributed by atoms with Crippen LogP contribution in [0.1, 0.15) is 5.56 Å². The second kappa shape index (κ2) is 8.41. The number of halogens is 4. The minimum atomic E-state index is -0.463. The maximum absolute atomic E-state index is 11.7. The van der Waals surface area contributed by atoms with Gasteiger partial charge < -0.3 is 4.74 Å². The van der Waals surface area contributed by atoms with Crippen molar-refractivity contribution in [1.82, 2.24) is 5.43 Å². The first kappa shape index (κ1) is 17.9. The van der Waals surface area contributed by atoms with Crippen molar-refractivity contribution in [2.24, 2.45) is 5.10 Å². The Morgan fingerprint density at radius 3 is 2.43 bits per heavy atom. The zero-order chi connectivity index (χ0) is 16.8. The highest BCUT2D eigenvalue weighted by Gasteiger charge is 2.08. The van der Waals surface area contributed by atoms with Crippen molar-refractivity contribution in [3.8, 4) is 5.75 Å². The molecule has 0 unspecified atom stereocenters. The van der Waals surface area contributed by atoms with Crippen LogP contribution in [0, 0.1) is 0 Å². The Kier molecular flexibility index (Phi) is 6.54. The van der Waals surface area contributed by atoms with Gasteiger partial charge in [0, 0.05) is 5.56 Å². The van der Waals surface area contributed by atoms with Crippen LogP contribution >= 0.6 is 46.4 Å².